The first kappa shape index (κ1) is 10.3. The van der Waals surface area contributed by atoms with Crippen molar-refractivity contribution >= 4 is 11.6 Å². The maximum absolute atomic E-state index is 13.1. The lowest BCUT2D eigenvalue weighted by atomic mass is 10.1. The molecule has 0 bridgehead atoms. The number of hydrogen-bond donors (Lipinski definition) is 1. The van der Waals surface area contributed by atoms with Crippen molar-refractivity contribution in [3.63, 3.8) is 0 Å². The molecule has 0 aliphatic carbocycles. The second kappa shape index (κ2) is 3.98. The van der Waals surface area contributed by atoms with Gasteiger partial charge < -0.3 is 5.73 Å². The minimum atomic E-state index is -1.31. The lowest BCUT2D eigenvalue weighted by molar-refractivity contribution is 0.413. The Morgan fingerprint density at radius 2 is 2.00 bits per heavy atom. The molecule has 2 N–H and O–H groups in total. The van der Waals surface area contributed by atoms with Gasteiger partial charge in [0, 0.05) is 5.56 Å². The Hall–Kier alpha value is -0.740. The van der Waals surface area contributed by atoms with Crippen LogP contribution in [0.25, 0.3) is 0 Å². The van der Waals surface area contributed by atoms with Gasteiger partial charge in [0.2, 0.25) is 0 Å². The smallest absolute Gasteiger partial charge is 0.149 e. The molecule has 13 heavy (non-hydrogen) atoms. The topological polar surface area (TPSA) is 26.0 Å². The van der Waals surface area contributed by atoms with Crippen LogP contribution in [0.2, 0.25) is 5.02 Å². The highest BCUT2D eigenvalue weighted by Crippen LogP contribution is 2.25. The first-order chi connectivity index (χ1) is 6.07. The largest absolute Gasteiger partial charge is 0.322 e. The van der Waals surface area contributed by atoms with Crippen molar-refractivity contribution in [1.82, 2.24) is 0 Å². The highest BCUT2D eigenvalue weighted by atomic mass is 35.5. The van der Waals surface area contributed by atoms with Crippen molar-refractivity contribution in [1.29, 1.82) is 0 Å². The van der Waals surface area contributed by atoms with Crippen molar-refractivity contribution < 1.29 is 13.2 Å². The Kier molecular flexibility index (Phi) is 3.17. The predicted molar refractivity (Wildman–Crippen MR) is 44.3 cm³/mol. The molecule has 5 heteroatoms. The quantitative estimate of drug-likeness (QED) is 0.745. The molecule has 72 valence electrons. The summed E-state index contributed by atoms with van der Waals surface area (Å²) in [4.78, 5) is 0. The standard InChI is InChI=1S/C8H7ClF3N/c9-4-1-2-5(11)7(8(4)12)6(13)3-10/h1-2,6H,3,13H2/t6-/m0/s1. The van der Waals surface area contributed by atoms with Gasteiger partial charge in [-0.1, -0.05) is 11.6 Å². The lowest BCUT2D eigenvalue weighted by Crippen LogP contribution is -2.16. The van der Waals surface area contributed by atoms with Gasteiger partial charge >= 0.3 is 0 Å². The van der Waals surface area contributed by atoms with Crippen molar-refractivity contribution in [2.24, 2.45) is 5.73 Å². The summed E-state index contributed by atoms with van der Waals surface area (Å²) in [6.07, 6.45) is 0. The van der Waals surface area contributed by atoms with Crippen LogP contribution in [0.4, 0.5) is 13.2 Å². The van der Waals surface area contributed by atoms with Gasteiger partial charge in [0.05, 0.1) is 11.1 Å². The highest BCUT2D eigenvalue weighted by Gasteiger charge is 2.18. The highest BCUT2D eigenvalue weighted by molar-refractivity contribution is 6.30. The van der Waals surface area contributed by atoms with Gasteiger partial charge in [0.15, 0.2) is 0 Å². The molecule has 0 saturated carbocycles. The maximum Gasteiger partial charge on any atom is 0.149 e. The van der Waals surface area contributed by atoms with Gasteiger partial charge in [0.25, 0.3) is 0 Å². The predicted octanol–water partition coefficient (Wildman–Crippen LogP) is 2.59. The molecule has 1 rings (SSSR count). The molecule has 0 unspecified atom stereocenters. The molecule has 0 radical (unpaired) electrons. The van der Waals surface area contributed by atoms with E-state index in [0.717, 1.165) is 12.1 Å². The second-order valence-corrected chi connectivity index (χ2v) is 2.92. The van der Waals surface area contributed by atoms with Crippen LogP contribution in [0.5, 0.6) is 0 Å². The number of rotatable bonds is 2. The molecule has 0 aliphatic heterocycles. The minimum Gasteiger partial charge on any atom is -0.322 e. The maximum atomic E-state index is 13.1. The summed E-state index contributed by atoms with van der Waals surface area (Å²) >= 11 is 5.37. The Bertz CT molecular complexity index is 317. The Morgan fingerprint density at radius 1 is 1.38 bits per heavy atom. The zero-order valence-electron chi connectivity index (χ0n) is 6.53. The molecule has 0 aromatic heterocycles. The van der Waals surface area contributed by atoms with E-state index in [9.17, 15) is 13.2 Å². The fraction of sp³-hybridized carbons (Fsp3) is 0.250. The monoisotopic (exact) mass is 209 g/mol. The average Bonchev–Trinajstić information content (AvgIpc) is 2.12. The van der Waals surface area contributed by atoms with Crippen molar-refractivity contribution in [2.45, 2.75) is 6.04 Å². The number of nitrogens with two attached hydrogens (primary N) is 1. The normalized spacial score (nSPS) is 13.0. The summed E-state index contributed by atoms with van der Waals surface area (Å²) in [6.45, 7) is -1.03. The first-order valence-corrected chi connectivity index (χ1v) is 3.90. The lowest BCUT2D eigenvalue weighted by Gasteiger charge is -2.10. The van der Waals surface area contributed by atoms with E-state index in [1.54, 1.807) is 0 Å². The third-order valence-corrected chi connectivity index (χ3v) is 1.91. The molecule has 0 aliphatic rings. The molecule has 1 aromatic carbocycles. The fourth-order valence-corrected chi connectivity index (χ4v) is 1.12. The van der Waals surface area contributed by atoms with Gasteiger partial charge in [-0.05, 0) is 12.1 Å². The second-order valence-electron chi connectivity index (χ2n) is 2.52. The van der Waals surface area contributed by atoms with Crippen molar-refractivity contribution in [3.05, 3.63) is 34.4 Å². The summed E-state index contributed by atoms with van der Waals surface area (Å²) < 4.78 is 38.1. The molecule has 0 heterocycles. The molecule has 0 saturated heterocycles. The van der Waals surface area contributed by atoms with Crippen LogP contribution in [0, 0.1) is 11.6 Å². The first-order valence-electron chi connectivity index (χ1n) is 3.53. The minimum absolute atomic E-state index is 0.264. The number of benzene rings is 1. The van der Waals surface area contributed by atoms with E-state index >= 15 is 0 Å². The van der Waals surface area contributed by atoms with Crippen LogP contribution >= 0.6 is 11.6 Å². The number of alkyl halides is 1. The van der Waals surface area contributed by atoms with E-state index in [0.29, 0.717) is 0 Å². The van der Waals surface area contributed by atoms with E-state index < -0.39 is 29.9 Å². The Morgan fingerprint density at radius 3 is 2.54 bits per heavy atom. The third kappa shape index (κ3) is 1.95. The van der Waals surface area contributed by atoms with Gasteiger partial charge in [-0.2, -0.15) is 0 Å². The van der Waals surface area contributed by atoms with Crippen molar-refractivity contribution in [2.75, 3.05) is 6.67 Å². The number of hydrogen-bond acceptors (Lipinski definition) is 1. The molecular formula is C8H7ClF3N. The third-order valence-electron chi connectivity index (χ3n) is 1.62. The number of halogens is 4. The SMILES string of the molecule is N[C@@H](CF)c1c(F)ccc(Cl)c1F. The molecular weight excluding hydrogens is 203 g/mol. The summed E-state index contributed by atoms with van der Waals surface area (Å²) in [5, 5.41) is -0.264. The molecule has 0 amide bonds. The molecule has 1 atom stereocenters. The van der Waals surface area contributed by atoms with Gasteiger partial charge in [-0.25, -0.2) is 13.2 Å². The van der Waals surface area contributed by atoms with Crippen LogP contribution in [-0.2, 0) is 0 Å². The summed E-state index contributed by atoms with van der Waals surface area (Å²) in [6, 6.07) is 0.704. The van der Waals surface area contributed by atoms with Crippen LogP contribution in [0.15, 0.2) is 12.1 Å². The van der Waals surface area contributed by atoms with E-state index in [1.165, 1.54) is 0 Å². The van der Waals surface area contributed by atoms with Gasteiger partial charge in [-0.3, -0.25) is 0 Å². The van der Waals surface area contributed by atoms with E-state index in [-0.39, 0.29) is 5.02 Å². The average molecular weight is 210 g/mol. The Balaban J connectivity index is 3.25. The molecule has 0 spiro atoms. The zero-order valence-corrected chi connectivity index (χ0v) is 7.28. The van der Waals surface area contributed by atoms with Crippen LogP contribution < -0.4 is 5.73 Å². The summed E-state index contributed by atoms with van der Waals surface area (Å²) in [5.41, 5.74) is 4.65. The van der Waals surface area contributed by atoms with E-state index in [4.69, 9.17) is 17.3 Å². The summed E-state index contributed by atoms with van der Waals surface area (Å²) in [5.74, 6) is -1.88. The van der Waals surface area contributed by atoms with Gasteiger partial charge in [0.1, 0.15) is 18.3 Å². The van der Waals surface area contributed by atoms with Crippen molar-refractivity contribution in [3.8, 4) is 0 Å². The van der Waals surface area contributed by atoms with E-state index in [2.05, 4.69) is 0 Å². The molecule has 1 nitrogen and oxygen atoms in total. The van der Waals surface area contributed by atoms with Crippen LogP contribution in [0.3, 0.4) is 0 Å². The van der Waals surface area contributed by atoms with Crippen LogP contribution in [0.1, 0.15) is 11.6 Å². The molecule has 0 fully saturated rings. The van der Waals surface area contributed by atoms with E-state index in [1.807, 2.05) is 0 Å². The summed E-state index contributed by atoms with van der Waals surface area (Å²) in [7, 11) is 0. The zero-order chi connectivity index (χ0) is 10.0. The Labute approximate surface area is 78.3 Å². The fourth-order valence-electron chi connectivity index (χ4n) is 0.960. The molecule has 1 aromatic rings. The van der Waals surface area contributed by atoms with Crippen LogP contribution in [-0.4, -0.2) is 6.67 Å². The van der Waals surface area contributed by atoms with Gasteiger partial charge in [-0.15, -0.1) is 0 Å².